The van der Waals surface area contributed by atoms with Gasteiger partial charge in [0.25, 0.3) is 0 Å². The zero-order valence-electron chi connectivity index (χ0n) is 14.3. The van der Waals surface area contributed by atoms with Gasteiger partial charge in [0.2, 0.25) is 0 Å². The van der Waals surface area contributed by atoms with Gasteiger partial charge in [0.15, 0.2) is 0 Å². The van der Waals surface area contributed by atoms with Crippen molar-refractivity contribution in [1.82, 2.24) is 0 Å². The molecule has 2 aliphatic carbocycles. The van der Waals surface area contributed by atoms with Gasteiger partial charge in [0.1, 0.15) is 5.78 Å². The zero-order valence-corrected chi connectivity index (χ0v) is 14.3. The van der Waals surface area contributed by atoms with Crippen LogP contribution in [-0.2, 0) is 16.8 Å². The van der Waals surface area contributed by atoms with Crippen molar-refractivity contribution in [2.24, 2.45) is 11.8 Å². The molecule has 3 nitrogen and oxygen atoms in total. The van der Waals surface area contributed by atoms with E-state index in [4.69, 9.17) is 0 Å². The first kappa shape index (κ1) is 15.2. The SMILES string of the molecule is O=C1C2CCC1C1(CCO)c3ccccc3N(Cc3ccccc3)[C@@H]21. The molecule has 0 radical (unpaired) electrons. The van der Waals surface area contributed by atoms with Gasteiger partial charge < -0.3 is 10.0 Å². The topological polar surface area (TPSA) is 40.5 Å². The van der Waals surface area contributed by atoms with Gasteiger partial charge in [-0.15, -0.1) is 0 Å². The molecule has 1 aliphatic heterocycles. The lowest BCUT2D eigenvalue weighted by Gasteiger charge is -2.41. The Morgan fingerprint density at radius 3 is 2.60 bits per heavy atom. The monoisotopic (exact) mass is 333 g/mol. The minimum absolute atomic E-state index is 0.0802. The summed E-state index contributed by atoms with van der Waals surface area (Å²) >= 11 is 0. The van der Waals surface area contributed by atoms with Crippen LogP contribution in [0.4, 0.5) is 5.69 Å². The van der Waals surface area contributed by atoms with Crippen molar-refractivity contribution in [3.8, 4) is 0 Å². The zero-order chi connectivity index (χ0) is 17.0. The second-order valence-electron chi connectivity index (χ2n) is 7.73. The summed E-state index contributed by atoms with van der Waals surface area (Å²) in [6.45, 7) is 0.965. The Morgan fingerprint density at radius 1 is 1.04 bits per heavy atom. The van der Waals surface area contributed by atoms with E-state index in [0.717, 1.165) is 19.4 Å². The molecular formula is C22H23NO2. The van der Waals surface area contributed by atoms with Crippen molar-refractivity contribution in [3.05, 3.63) is 65.7 Å². The molecule has 0 spiro atoms. The quantitative estimate of drug-likeness (QED) is 0.933. The van der Waals surface area contributed by atoms with Crippen LogP contribution in [0.25, 0.3) is 0 Å². The number of aliphatic hydroxyl groups excluding tert-OH is 1. The maximum absolute atomic E-state index is 13.0. The van der Waals surface area contributed by atoms with E-state index in [2.05, 4.69) is 53.4 Å². The summed E-state index contributed by atoms with van der Waals surface area (Å²) in [6, 6.07) is 19.3. The van der Waals surface area contributed by atoms with Crippen LogP contribution in [0.1, 0.15) is 30.4 Å². The van der Waals surface area contributed by atoms with Gasteiger partial charge in [-0.25, -0.2) is 0 Å². The Bertz CT molecular complexity index is 818. The predicted octanol–water partition coefficient (Wildman–Crippen LogP) is 3.30. The largest absolute Gasteiger partial charge is 0.396 e. The number of Topliss-reactive ketones (excluding diaryl/α,β-unsaturated/α-hetero) is 1. The lowest BCUT2D eigenvalue weighted by atomic mass is 9.65. The van der Waals surface area contributed by atoms with Crippen LogP contribution in [-0.4, -0.2) is 23.5 Å². The normalized spacial score (nSPS) is 32.1. The van der Waals surface area contributed by atoms with E-state index in [-0.39, 0.29) is 29.9 Å². The first-order valence-electron chi connectivity index (χ1n) is 9.32. The number of para-hydroxylation sites is 1. The van der Waals surface area contributed by atoms with Gasteiger partial charge in [0, 0.05) is 42.1 Å². The lowest BCUT2D eigenvalue weighted by Crippen LogP contribution is -2.49. The van der Waals surface area contributed by atoms with Gasteiger partial charge in [-0.05, 0) is 36.5 Å². The molecule has 0 saturated heterocycles. The fraction of sp³-hybridized carbons (Fsp3) is 0.409. The summed E-state index contributed by atoms with van der Waals surface area (Å²) < 4.78 is 0. The molecule has 2 bridgehead atoms. The third-order valence-electron chi connectivity index (χ3n) is 6.78. The maximum atomic E-state index is 13.0. The number of carbonyl (C=O) groups is 1. The van der Waals surface area contributed by atoms with Crippen LogP contribution >= 0.6 is 0 Å². The van der Waals surface area contributed by atoms with Crippen molar-refractivity contribution < 1.29 is 9.90 Å². The molecule has 2 aromatic rings. The summed E-state index contributed by atoms with van der Waals surface area (Å²) in [6.07, 6.45) is 2.67. The first-order chi connectivity index (χ1) is 12.3. The van der Waals surface area contributed by atoms with Crippen molar-refractivity contribution >= 4 is 11.5 Å². The van der Waals surface area contributed by atoms with Gasteiger partial charge in [0.05, 0.1) is 0 Å². The van der Waals surface area contributed by atoms with Crippen LogP contribution in [0.3, 0.4) is 0 Å². The van der Waals surface area contributed by atoms with Crippen LogP contribution in [0.15, 0.2) is 54.6 Å². The molecule has 128 valence electrons. The van der Waals surface area contributed by atoms with Gasteiger partial charge in [-0.3, -0.25) is 4.79 Å². The van der Waals surface area contributed by atoms with Crippen molar-refractivity contribution in [3.63, 3.8) is 0 Å². The average Bonchev–Trinajstić information content (AvgIpc) is 3.22. The van der Waals surface area contributed by atoms with E-state index in [1.54, 1.807) is 0 Å². The Labute approximate surface area is 148 Å². The molecule has 3 unspecified atom stereocenters. The number of fused-ring (bicyclic) bond motifs is 7. The van der Waals surface area contributed by atoms with Crippen LogP contribution in [0.2, 0.25) is 0 Å². The number of aliphatic hydroxyl groups is 1. The summed E-state index contributed by atoms with van der Waals surface area (Å²) in [5, 5.41) is 9.85. The van der Waals surface area contributed by atoms with Crippen molar-refractivity contribution in [2.75, 3.05) is 11.5 Å². The predicted molar refractivity (Wildman–Crippen MR) is 97.5 cm³/mol. The molecule has 1 heterocycles. The number of hydrogen-bond donors (Lipinski definition) is 1. The fourth-order valence-electron chi connectivity index (χ4n) is 5.99. The molecular weight excluding hydrogens is 310 g/mol. The van der Waals surface area contributed by atoms with Crippen LogP contribution in [0.5, 0.6) is 0 Å². The Morgan fingerprint density at radius 2 is 1.80 bits per heavy atom. The highest BCUT2D eigenvalue weighted by atomic mass is 16.3. The standard InChI is InChI=1S/C22H23NO2/c24-13-12-22-17-8-4-5-9-19(17)23(14-15-6-2-1-3-7-15)21(22)16-10-11-18(22)20(16)25/h1-9,16,18,21,24H,10-14H2/t16?,18?,21-,22?/m0/s1. The Hall–Kier alpha value is -2.13. The number of nitrogens with zero attached hydrogens (tertiary/aromatic N) is 1. The van der Waals surface area contributed by atoms with Crippen LogP contribution in [0, 0.1) is 11.8 Å². The molecule has 5 rings (SSSR count). The fourth-order valence-corrected chi connectivity index (χ4v) is 5.99. The molecule has 3 aliphatic rings. The van der Waals surface area contributed by atoms with E-state index in [0.29, 0.717) is 12.2 Å². The summed E-state index contributed by atoms with van der Waals surface area (Å²) in [5.41, 5.74) is 3.62. The molecule has 3 heteroatoms. The van der Waals surface area contributed by atoms with Crippen LogP contribution < -0.4 is 4.90 Å². The van der Waals surface area contributed by atoms with E-state index in [9.17, 15) is 9.90 Å². The smallest absolute Gasteiger partial charge is 0.142 e. The van der Waals surface area contributed by atoms with E-state index >= 15 is 0 Å². The van der Waals surface area contributed by atoms with Crippen molar-refractivity contribution in [2.45, 2.75) is 37.3 Å². The third kappa shape index (κ3) is 1.87. The molecule has 4 atom stereocenters. The molecule has 25 heavy (non-hydrogen) atoms. The van der Waals surface area contributed by atoms with E-state index in [1.165, 1.54) is 16.8 Å². The highest BCUT2D eigenvalue weighted by Crippen LogP contribution is 2.64. The Kier molecular flexibility index (Phi) is 3.29. The van der Waals surface area contributed by atoms with Gasteiger partial charge in [-0.2, -0.15) is 0 Å². The molecule has 2 fully saturated rings. The summed E-state index contributed by atoms with van der Waals surface area (Å²) in [4.78, 5) is 15.4. The number of anilines is 1. The van der Waals surface area contributed by atoms with Gasteiger partial charge in [-0.1, -0.05) is 48.5 Å². The number of rotatable bonds is 4. The molecule has 1 N–H and O–H groups in total. The number of benzene rings is 2. The highest BCUT2D eigenvalue weighted by Gasteiger charge is 2.68. The molecule has 2 aromatic carbocycles. The minimum Gasteiger partial charge on any atom is -0.396 e. The summed E-state index contributed by atoms with van der Waals surface area (Å²) in [7, 11) is 0. The number of carbonyl (C=O) groups excluding carboxylic acids is 1. The maximum Gasteiger partial charge on any atom is 0.142 e. The van der Waals surface area contributed by atoms with Crippen molar-refractivity contribution in [1.29, 1.82) is 0 Å². The molecule has 0 amide bonds. The first-order valence-corrected chi connectivity index (χ1v) is 9.32. The van der Waals surface area contributed by atoms with E-state index < -0.39 is 0 Å². The molecule has 2 saturated carbocycles. The highest BCUT2D eigenvalue weighted by molar-refractivity contribution is 5.94. The third-order valence-corrected chi connectivity index (χ3v) is 6.78. The minimum atomic E-state index is -0.194. The molecule has 0 aromatic heterocycles. The number of ketones is 1. The lowest BCUT2D eigenvalue weighted by molar-refractivity contribution is -0.122. The van der Waals surface area contributed by atoms with E-state index in [1.807, 2.05) is 6.07 Å². The number of hydrogen-bond acceptors (Lipinski definition) is 3. The van der Waals surface area contributed by atoms with Gasteiger partial charge >= 0.3 is 0 Å². The second kappa shape index (κ2) is 5.43. The second-order valence-corrected chi connectivity index (χ2v) is 7.73. The average molecular weight is 333 g/mol. The summed E-state index contributed by atoms with van der Waals surface area (Å²) in [5.74, 6) is 0.634. The Balaban J connectivity index is 1.66.